The third-order valence-corrected chi connectivity index (χ3v) is 5.46. The molecule has 0 unspecified atom stereocenters. The molecule has 8 heteroatoms. The van der Waals surface area contributed by atoms with Crippen LogP contribution >= 0.6 is 23.1 Å². The number of nitrogens with zero attached hydrogens (tertiary/aromatic N) is 4. The van der Waals surface area contributed by atoms with Crippen molar-refractivity contribution in [2.24, 2.45) is 4.99 Å². The molecule has 2 aromatic rings. The molecule has 2 heterocycles. The van der Waals surface area contributed by atoms with Crippen molar-refractivity contribution in [3.05, 3.63) is 39.7 Å². The van der Waals surface area contributed by atoms with Gasteiger partial charge in [-0.05, 0) is 55.8 Å². The van der Waals surface area contributed by atoms with Crippen molar-refractivity contribution in [1.82, 2.24) is 15.1 Å². The van der Waals surface area contributed by atoms with Crippen LogP contribution < -0.4 is 5.73 Å². The van der Waals surface area contributed by atoms with Gasteiger partial charge in [0.15, 0.2) is 5.17 Å². The second kappa shape index (κ2) is 6.74. The fraction of sp³-hybridized carbons (Fsp3) is 0.250. The molecule has 0 bridgehead atoms. The van der Waals surface area contributed by atoms with Crippen molar-refractivity contribution in [1.29, 1.82) is 0 Å². The smallest absolute Gasteiger partial charge is 0.267 e. The van der Waals surface area contributed by atoms with E-state index in [2.05, 4.69) is 15.2 Å². The zero-order chi connectivity index (χ0) is 17.3. The van der Waals surface area contributed by atoms with Crippen molar-refractivity contribution in [2.45, 2.75) is 20.8 Å². The number of hydrogen-bond acceptors (Lipinski definition) is 7. The van der Waals surface area contributed by atoms with Gasteiger partial charge in [-0.1, -0.05) is 23.5 Å². The monoisotopic (exact) mass is 359 g/mol. The Labute approximate surface area is 148 Å². The molecule has 0 aliphatic carbocycles. The molecule has 0 radical (unpaired) electrons. The predicted octanol–water partition coefficient (Wildman–Crippen LogP) is 3.44. The lowest BCUT2D eigenvalue weighted by atomic mass is 10.1. The van der Waals surface area contributed by atoms with E-state index in [9.17, 15) is 4.79 Å². The summed E-state index contributed by atoms with van der Waals surface area (Å²) in [6.07, 6.45) is 0. The Balaban J connectivity index is 2.00. The number of thioether (sulfide) groups is 1. The molecule has 1 fully saturated rings. The molecular weight excluding hydrogens is 342 g/mol. The highest BCUT2D eigenvalue weighted by Crippen LogP contribution is 2.38. The number of amidine groups is 1. The molecule has 1 aliphatic rings. The van der Waals surface area contributed by atoms with Gasteiger partial charge in [-0.15, -0.1) is 10.2 Å². The van der Waals surface area contributed by atoms with E-state index in [4.69, 9.17) is 5.73 Å². The Morgan fingerprint density at radius 2 is 2.17 bits per heavy atom. The summed E-state index contributed by atoms with van der Waals surface area (Å²) < 4.78 is 0. The van der Waals surface area contributed by atoms with Crippen LogP contribution in [-0.2, 0) is 4.79 Å². The summed E-state index contributed by atoms with van der Waals surface area (Å²) in [5.41, 5.74) is 8.36. The van der Waals surface area contributed by atoms with Gasteiger partial charge in [0.05, 0.1) is 4.91 Å². The van der Waals surface area contributed by atoms with Crippen molar-refractivity contribution in [3.63, 3.8) is 0 Å². The first-order valence-electron chi connectivity index (χ1n) is 7.45. The van der Waals surface area contributed by atoms with Gasteiger partial charge in [-0.2, -0.15) is 4.99 Å². The average molecular weight is 359 g/mol. The van der Waals surface area contributed by atoms with Gasteiger partial charge in [-0.3, -0.25) is 9.69 Å². The van der Waals surface area contributed by atoms with Crippen LogP contribution in [0.1, 0.15) is 24.4 Å². The number of allylic oxidation sites excluding steroid dienone is 1. The molecule has 1 aromatic carbocycles. The number of aromatic nitrogens is 2. The van der Waals surface area contributed by atoms with E-state index in [1.54, 1.807) is 4.90 Å². The number of amides is 1. The lowest BCUT2D eigenvalue weighted by Gasteiger charge is -2.11. The lowest BCUT2D eigenvalue weighted by Crippen LogP contribution is -2.28. The Morgan fingerprint density at radius 1 is 1.38 bits per heavy atom. The minimum Gasteiger partial charge on any atom is -0.399 e. The molecule has 1 aliphatic heterocycles. The highest BCUT2D eigenvalue weighted by molar-refractivity contribution is 8.18. The number of anilines is 1. The van der Waals surface area contributed by atoms with Crippen LogP contribution in [0.4, 0.5) is 10.8 Å². The maximum atomic E-state index is 12.7. The fourth-order valence-electron chi connectivity index (χ4n) is 2.31. The predicted molar refractivity (Wildman–Crippen MR) is 100 cm³/mol. The molecule has 0 atom stereocenters. The molecule has 2 N–H and O–H groups in total. The minimum atomic E-state index is -0.0394. The minimum absolute atomic E-state index is 0.0394. The summed E-state index contributed by atoms with van der Waals surface area (Å²) in [6, 6.07) is 7.53. The maximum Gasteiger partial charge on any atom is 0.267 e. The van der Waals surface area contributed by atoms with E-state index < -0.39 is 0 Å². The van der Waals surface area contributed by atoms with E-state index in [-0.39, 0.29) is 5.91 Å². The third kappa shape index (κ3) is 3.20. The zero-order valence-electron chi connectivity index (χ0n) is 13.6. The van der Waals surface area contributed by atoms with E-state index in [1.165, 1.54) is 23.1 Å². The number of aryl methyl sites for hydroxylation is 1. The van der Waals surface area contributed by atoms with Gasteiger partial charge in [0.1, 0.15) is 5.01 Å². The molecule has 1 aromatic heterocycles. The standard InChI is InChI=1S/C16H17N5OS2/c1-4-21-14(22)13(9(2)11-6-5-7-12(17)8-11)24-16(21)18-15-20-19-10(3)23-15/h5-8H,4,17H2,1-3H3/b13-9-,18-16+. The summed E-state index contributed by atoms with van der Waals surface area (Å²) in [5.74, 6) is -0.0394. The van der Waals surface area contributed by atoms with Crippen LogP contribution in [0.5, 0.6) is 0 Å². The zero-order valence-corrected chi connectivity index (χ0v) is 15.2. The van der Waals surface area contributed by atoms with Crippen LogP contribution in [0.2, 0.25) is 0 Å². The Morgan fingerprint density at radius 3 is 2.79 bits per heavy atom. The fourth-order valence-corrected chi connectivity index (χ4v) is 4.04. The van der Waals surface area contributed by atoms with Crippen LogP contribution in [0.3, 0.4) is 0 Å². The topological polar surface area (TPSA) is 84.5 Å². The SMILES string of the molecule is CCN1C(=O)/C(=C(\C)c2cccc(N)c2)S/C1=N/c1nnc(C)s1. The summed E-state index contributed by atoms with van der Waals surface area (Å²) in [7, 11) is 0. The van der Waals surface area contributed by atoms with Gasteiger partial charge < -0.3 is 5.73 Å². The van der Waals surface area contributed by atoms with Crippen molar-refractivity contribution in [2.75, 3.05) is 12.3 Å². The Kier molecular flexibility index (Phi) is 4.68. The van der Waals surface area contributed by atoms with Crippen LogP contribution in [0.15, 0.2) is 34.2 Å². The van der Waals surface area contributed by atoms with E-state index in [0.29, 0.717) is 27.4 Å². The van der Waals surface area contributed by atoms with Crippen LogP contribution in [0, 0.1) is 6.92 Å². The number of carbonyl (C=O) groups excluding carboxylic acids is 1. The quantitative estimate of drug-likeness (QED) is 0.670. The Hall–Kier alpha value is -2.19. The van der Waals surface area contributed by atoms with Gasteiger partial charge in [0.2, 0.25) is 5.13 Å². The number of benzene rings is 1. The number of carbonyl (C=O) groups is 1. The number of aliphatic imine (C=N–C) groups is 1. The van der Waals surface area contributed by atoms with Crippen LogP contribution in [0.25, 0.3) is 5.57 Å². The first kappa shape index (κ1) is 16.7. The van der Waals surface area contributed by atoms with Gasteiger partial charge in [0.25, 0.3) is 5.91 Å². The van der Waals surface area contributed by atoms with Crippen LogP contribution in [-0.4, -0.2) is 32.7 Å². The number of nitrogen functional groups attached to an aromatic ring is 1. The molecule has 0 spiro atoms. The first-order chi connectivity index (χ1) is 11.5. The molecule has 24 heavy (non-hydrogen) atoms. The highest BCUT2D eigenvalue weighted by Gasteiger charge is 2.34. The number of likely N-dealkylation sites (N-methyl/N-ethyl adjacent to an activating group) is 1. The average Bonchev–Trinajstić information content (AvgIpc) is 3.10. The van der Waals surface area contributed by atoms with Crippen molar-refractivity contribution < 1.29 is 4.79 Å². The molecule has 124 valence electrons. The van der Waals surface area contributed by atoms with Crippen molar-refractivity contribution >= 4 is 50.6 Å². The molecule has 6 nitrogen and oxygen atoms in total. The highest BCUT2D eigenvalue weighted by atomic mass is 32.2. The number of rotatable bonds is 3. The molecule has 3 rings (SSSR count). The van der Waals surface area contributed by atoms with Crippen molar-refractivity contribution in [3.8, 4) is 0 Å². The van der Waals surface area contributed by atoms with Gasteiger partial charge in [0, 0.05) is 12.2 Å². The summed E-state index contributed by atoms with van der Waals surface area (Å²) in [6.45, 7) is 6.29. The van der Waals surface area contributed by atoms with Gasteiger partial charge >= 0.3 is 0 Å². The molecule has 0 saturated carbocycles. The lowest BCUT2D eigenvalue weighted by molar-refractivity contribution is -0.122. The summed E-state index contributed by atoms with van der Waals surface area (Å²) >= 11 is 2.77. The maximum absolute atomic E-state index is 12.7. The molecular formula is C16H17N5OS2. The normalized spacial score (nSPS) is 18.5. The van der Waals surface area contributed by atoms with Gasteiger partial charge in [-0.25, -0.2) is 0 Å². The molecule has 1 amide bonds. The second-order valence-corrected chi connectivity index (χ2v) is 7.37. The van der Waals surface area contributed by atoms with E-state index in [1.807, 2.05) is 45.0 Å². The van der Waals surface area contributed by atoms with E-state index in [0.717, 1.165) is 16.1 Å². The second-order valence-electron chi connectivity index (χ2n) is 5.23. The first-order valence-corrected chi connectivity index (χ1v) is 9.08. The number of nitrogens with two attached hydrogens (primary N) is 1. The number of hydrogen-bond donors (Lipinski definition) is 1. The largest absolute Gasteiger partial charge is 0.399 e. The summed E-state index contributed by atoms with van der Waals surface area (Å²) in [4.78, 5) is 19.6. The Bertz CT molecular complexity index is 856. The summed E-state index contributed by atoms with van der Waals surface area (Å²) in [5, 5.41) is 10.0. The molecule has 1 saturated heterocycles. The van der Waals surface area contributed by atoms with E-state index >= 15 is 0 Å². The third-order valence-electron chi connectivity index (χ3n) is 3.55.